The fourth-order valence-electron chi connectivity index (χ4n) is 4.14. The van der Waals surface area contributed by atoms with Crippen molar-refractivity contribution in [2.75, 3.05) is 26.1 Å². The lowest BCUT2D eigenvalue weighted by Gasteiger charge is -2.29. The second kappa shape index (κ2) is 10.7. The monoisotopic (exact) mass is 464 g/mol. The standard InChI is InChI=1S/C27H36N4O3/c1-7-8-9-12-29-22-11-10-17-15-21(18-13-19(33-5)16-20(14-18)34-6)24(31-26(17)30-22)23(25(28)32)27(2,3)4/h10-11,13-16,23H,7-9,12H2,1-6H3,(H2,28,32)(H,29,30,31). The number of primary amides is 1. The molecule has 0 saturated heterocycles. The highest BCUT2D eigenvalue weighted by Crippen LogP contribution is 2.41. The number of methoxy groups -OCH3 is 2. The van der Waals surface area contributed by atoms with Gasteiger partial charge in [0.15, 0.2) is 5.65 Å². The number of nitrogens with one attached hydrogen (secondary N) is 1. The number of rotatable bonds is 10. The SMILES string of the molecule is CCCCCNc1ccc2cc(-c3cc(OC)cc(OC)c3)c(C(C(N)=O)C(C)(C)C)nc2n1. The van der Waals surface area contributed by atoms with E-state index in [9.17, 15) is 4.79 Å². The first-order chi connectivity index (χ1) is 16.2. The molecule has 182 valence electrons. The first-order valence-corrected chi connectivity index (χ1v) is 11.8. The van der Waals surface area contributed by atoms with Crippen LogP contribution in [0.4, 0.5) is 5.82 Å². The predicted molar refractivity (Wildman–Crippen MR) is 137 cm³/mol. The van der Waals surface area contributed by atoms with Crippen molar-refractivity contribution >= 4 is 22.8 Å². The van der Waals surface area contributed by atoms with Gasteiger partial charge in [0, 0.05) is 23.6 Å². The highest BCUT2D eigenvalue weighted by Gasteiger charge is 2.35. The van der Waals surface area contributed by atoms with Gasteiger partial charge >= 0.3 is 0 Å². The minimum Gasteiger partial charge on any atom is -0.497 e. The van der Waals surface area contributed by atoms with Crippen LogP contribution in [0, 0.1) is 5.41 Å². The summed E-state index contributed by atoms with van der Waals surface area (Å²) in [6.45, 7) is 9.00. The van der Waals surface area contributed by atoms with Gasteiger partial charge in [-0.05, 0) is 47.7 Å². The molecule has 2 heterocycles. The molecule has 0 radical (unpaired) electrons. The van der Waals surface area contributed by atoms with Crippen LogP contribution in [0.1, 0.15) is 58.6 Å². The largest absolute Gasteiger partial charge is 0.497 e. The molecule has 0 aliphatic carbocycles. The number of hydrogen-bond donors (Lipinski definition) is 2. The van der Waals surface area contributed by atoms with Crippen molar-refractivity contribution < 1.29 is 14.3 Å². The maximum absolute atomic E-state index is 12.7. The van der Waals surface area contributed by atoms with Gasteiger partial charge in [-0.1, -0.05) is 40.5 Å². The number of fused-ring (bicyclic) bond motifs is 1. The number of carbonyl (C=O) groups excluding carboxylic acids is 1. The summed E-state index contributed by atoms with van der Waals surface area (Å²) in [5, 5.41) is 4.25. The number of nitrogens with two attached hydrogens (primary N) is 1. The molecule has 0 bridgehead atoms. The lowest BCUT2D eigenvalue weighted by Crippen LogP contribution is -2.33. The quantitative estimate of drug-likeness (QED) is 0.383. The van der Waals surface area contributed by atoms with Gasteiger partial charge < -0.3 is 20.5 Å². The Bertz CT molecular complexity index is 1130. The van der Waals surface area contributed by atoms with Crippen LogP contribution in [0.15, 0.2) is 36.4 Å². The van der Waals surface area contributed by atoms with E-state index in [4.69, 9.17) is 25.2 Å². The van der Waals surface area contributed by atoms with E-state index in [2.05, 4.69) is 12.2 Å². The van der Waals surface area contributed by atoms with Crippen LogP contribution in [0.25, 0.3) is 22.2 Å². The number of hydrogen-bond acceptors (Lipinski definition) is 6. The summed E-state index contributed by atoms with van der Waals surface area (Å²) in [5.74, 6) is 1.02. The van der Waals surface area contributed by atoms with E-state index in [1.165, 1.54) is 6.42 Å². The zero-order chi connectivity index (χ0) is 24.9. The lowest BCUT2D eigenvalue weighted by molar-refractivity contribution is -0.121. The molecular formula is C27H36N4O3. The Balaban J connectivity index is 2.21. The van der Waals surface area contributed by atoms with Gasteiger partial charge in [0.05, 0.1) is 25.8 Å². The van der Waals surface area contributed by atoms with Gasteiger partial charge in [-0.25, -0.2) is 9.97 Å². The molecule has 1 atom stereocenters. The van der Waals surface area contributed by atoms with Gasteiger partial charge in [-0.3, -0.25) is 4.79 Å². The van der Waals surface area contributed by atoms with E-state index in [1.54, 1.807) is 14.2 Å². The highest BCUT2D eigenvalue weighted by atomic mass is 16.5. The Kier molecular flexibility index (Phi) is 7.97. The Morgan fingerprint density at radius 2 is 1.71 bits per heavy atom. The average molecular weight is 465 g/mol. The lowest BCUT2D eigenvalue weighted by atomic mass is 9.76. The molecule has 0 aliphatic rings. The van der Waals surface area contributed by atoms with E-state index in [0.29, 0.717) is 22.8 Å². The van der Waals surface area contributed by atoms with Crippen LogP contribution in [0.3, 0.4) is 0 Å². The van der Waals surface area contributed by atoms with E-state index in [-0.39, 0.29) is 0 Å². The van der Waals surface area contributed by atoms with Gasteiger partial charge in [0.1, 0.15) is 17.3 Å². The summed E-state index contributed by atoms with van der Waals surface area (Å²) in [6, 6.07) is 11.6. The zero-order valence-electron chi connectivity index (χ0n) is 21.1. The molecule has 7 nitrogen and oxygen atoms in total. The van der Waals surface area contributed by atoms with Crippen molar-refractivity contribution in [1.82, 2.24) is 9.97 Å². The van der Waals surface area contributed by atoms with Crippen molar-refractivity contribution in [1.29, 1.82) is 0 Å². The number of nitrogens with zero attached hydrogens (tertiary/aromatic N) is 2. The van der Waals surface area contributed by atoms with Gasteiger partial charge in [-0.15, -0.1) is 0 Å². The van der Waals surface area contributed by atoms with Crippen molar-refractivity contribution in [3.63, 3.8) is 0 Å². The van der Waals surface area contributed by atoms with Crippen LogP contribution in [-0.2, 0) is 4.79 Å². The Morgan fingerprint density at radius 1 is 1.03 bits per heavy atom. The number of pyridine rings is 2. The van der Waals surface area contributed by atoms with Crippen LogP contribution in [0.2, 0.25) is 0 Å². The summed E-state index contributed by atoms with van der Waals surface area (Å²) in [6.07, 6.45) is 3.42. The average Bonchev–Trinajstić information content (AvgIpc) is 2.79. The normalized spacial score (nSPS) is 12.4. The maximum Gasteiger partial charge on any atom is 0.227 e. The van der Waals surface area contributed by atoms with Crippen molar-refractivity contribution in [3.8, 4) is 22.6 Å². The summed E-state index contributed by atoms with van der Waals surface area (Å²) in [5.41, 5.74) is 8.28. The Labute approximate surface area is 202 Å². The van der Waals surface area contributed by atoms with E-state index in [1.807, 2.05) is 57.2 Å². The predicted octanol–water partition coefficient (Wildman–Crippen LogP) is 5.53. The number of anilines is 1. The molecule has 1 unspecified atom stereocenters. The molecule has 1 amide bonds. The molecular weight excluding hydrogens is 428 g/mol. The fourth-order valence-corrected chi connectivity index (χ4v) is 4.14. The first kappa shape index (κ1) is 25.3. The molecule has 0 saturated carbocycles. The molecule has 1 aromatic carbocycles. The minimum atomic E-state index is -0.618. The summed E-state index contributed by atoms with van der Waals surface area (Å²) < 4.78 is 11.0. The number of unbranched alkanes of at least 4 members (excludes halogenated alkanes) is 2. The molecule has 0 spiro atoms. The second-order valence-corrected chi connectivity index (χ2v) is 9.60. The van der Waals surface area contributed by atoms with Crippen molar-refractivity contribution in [2.24, 2.45) is 11.1 Å². The molecule has 0 fully saturated rings. The van der Waals surface area contributed by atoms with E-state index < -0.39 is 17.2 Å². The van der Waals surface area contributed by atoms with Crippen LogP contribution >= 0.6 is 0 Å². The third-order valence-electron chi connectivity index (χ3n) is 5.88. The van der Waals surface area contributed by atoms with Crippen molar-refractivity contribution in [2.45, 2.75) is 52.9 Å². The maximum atomic E-state index is 12.7. The highest BCUT2D eigenvalue weighted by molar-refractivity contribution is 5.90. The molecule has 7 heteroatoms. The minimum absolute atomic E-state index is 0.427. The number of amides is 1. The van der Waals surface area contributed by atoms with Crippen LogP contribution < -0.4 is 20.5 Å². The van der Waals surface area contributed by atoms with Crippen LogP contribution in [-0.4, -0.2) is 36.6 Å². The summed E-state index contributed by atoms with van der Waals surface area (Å²) in [7, 11) is 3.22. The van der Waals surface area contributed by atoms with Gasteiger partial charge in [0.25, 0.3) is 0 Å². The number of aromatic nitrogens is 2. The first-order valence-electron chi connectivity index (χ1n) is 11.8. The topological polar surface area (TPSA) is 99.4 Å². The summed E-state index contributed by atoms with van der Waals surface area (Å²) in [4.78, 5) is 22.3. The van der Waals surface area contributed by atoms with Gasteiger partial charge in [0.2, 0.25) is 5.91 Å². The molecule has 2 aromatic heterocycles. The van der Waals surface area contributed by atoms with Crippen LogP contribution in [0.5, 0.6) is 11.5 Å². The Hall–Kier alpha value is -3.35. The molecule has 0 aliphatic heterocycles. The van der Waals surface area contributed by atoms with Gasteiger partial charge in [-0.2, -0.15) is 0 Å². The molecule has 3 aromatic rings. The van der Waals surface area contributed by atoms with Crippen molar-refractivity contribution in [3.05, 3.63) is 42.1 Å². The molecule has 34 heavy (non-hydrogen) atoms. The number of benzene rings is 1. The van der Waals surface area contributed by atoms with E-state index in [0.717, 1.165) is 41.7 Å². The molecule has 3 rings (SSSR count). The summed E-state index contributed by atoms with van der Waals surface area (Å²) >= 11 is 0. The third-order valence-corrected chi connectivity index (χ3v) is 5.88. The fraction of sp³-hybridized carbons (Fsp3) is 0.444. The molecule has 3 N–H and O–H groups in total. The third kappa shape index (κ3) is 5.76. The second-order valence-electron chi connectivity index (χ2n) is 9.60. The van der Waals surface area contributed by atoms with E-state index >= 15 is 0 Å². The smallest absolute Gasteiger partial charge is 0.227 e. The zero-order valence-corrected chi connectivity index (χ0v) is 21.1. The Morgan fingerprint density at radius 3 is 2.26 bits per heavy atom. The number of carbonyl (C=O) groups is 1. The number of ether oxygens (including phenoxy) is 2.